The van der Waals surface area contributed by atoms with E-state index in [9.17, 15) is 10.2 Å². The Kier molecular flexibility index (Phi) is 3.60. The van der Waals surface area contributed by atoms with Crippen LogP contribution in [0.3, 0.4) is 0 Å². The Morgan fingerprint density at radius 3 is 2.36 bits per heavy atom. The molecule has 0 aliphatic rings. The summed E-state index contributed by atoms with van der Waals surface area (Å²) in [5.41, 5.74) is 0.407. The zero-order valence-corrected chi connectivity index (χ0v) is 7.92. The van der Waals surface area contributed by atoms with Crippen molar-refractivity contribution in [3.63, 3.8) is 0 Å². The molecule has 2 unspecified atom stereocenters. The van der Waals surface area contributed by atoms with Crippen LogP contribution in [0.5, 0.6) is 0 Å². The first-order valence-corrected chi connectivity index (χ1v) is 4.27. The van der Waals surface area contributed by atoms with Gasteiger partial charge in [-0.1, -0.05) is 30.3 Å². The molecule has 0 fully saturated rings. The third-order valence-electron chi connectivity index (χ3n) is 2.12. The lowest BCUT2D eigenvalue weighted by atomic mass is 10.0. The molecule has 0 saturated heterocycles. The number of hydrogen-bond donors (Lipinski definition) is 3. The standard InChI is InChI=1S/C10H14O4/c1-14-10(13,9(12)7-11)8-5-3-2-4-6-8/h2-6,9,11-13H,7H2,1H3. The maximum absolute atomic E-state index is 9.93. The Balaban J connectivity index is 3.01. The predicted molar refractivity (Wildman–Crippen MR) is 50.4 cm³/mol. The van der Waals surface area contributed by atoms with Gasteiger partial charge in [-0.25, -0.2) is 0 Å². The van der Waals surface area contributed by atoms with Gasteiger partial charge in [0.1, 0.15) is 6.10 Å². The molecular formula is C10H14O4. The molecule has 2 atom stereocenters. The highest BCUT2D eigenvalue weighted by molar-refractivity contribution is 5.21. The summed E-state index contributed by atoms with van der Waals surface area (Å²) < 4.78 is 4.82. The lowest BCUT2D eigenvalue weighted by Crippen LogP contribution is -2.43. The average molecular weight is 198 g/mol. The van der Waals surface area contributed by atoms with Crippen LogP contribution in [0.1, 0.15) is 5.56 Å². The Morgan fingerprint density at radius 1 is 1.36 bits per heavy atom. The van der Waals surface area contributed by atoms with Gasteiger partial charge in [0.05, 0.1) is 6.61 Å². The van der Waals surface area contributed by atoms with E-state index in [4.69, 9.17) is 9.84 Å². The monoisotopic (exact) mass is 198 g/mol. The van der Waals surface area contributed by atoms with E-state index in [1.54, 1.807) is 30.3 Å². The minimum atomic E-state index is -1.85. The summed E-state index contributed by atoms with van der Waals surface area (Å²) in [5, 5.41) is 28.1. The first-order valence-electron chi connectivity index (χ1n) is 4.27. The molecule has 4 heteroatoms. The van der Waals surface area contributed by atoms with Crippen molar-refractivity contribution in [2.75, 3.05) is 13.7 Å². The van der Waals surface area contributed by atoms with Crippen LogP contribution in [-0.2, 0) is 10.5 Å². The number of ether oxygens (including phenoxy) is 1. The molecule has 0 saturated carbocycles. The maximum atomic E-state index is 9.93. The third-order valence-corrected chi connectivity index (χ3v) is 2.12. The van der Waals surface area contributed by atoms with Crippen LogP contribution in [0.4, 0.5) is 0 Å². The number of aliphatic hydroxyl groups is 3. The van der Waals surface area contributed by atoms with Gasteiger partial charge in [-0.3, -0.25) is 0 Å². The van der Waals surface area contributed by atoms with E-state index in [2.05, 4.69) is 0 Å². The van der Waals surface area contributed by atoms with Crippen molar-refractivity contribution >= 4 is 0 Å². The van der Waals surface area contributed by atoms with Crippen molar-refractivity contribution in [1.29, 1.82) is 0 Å². The molecule has 0 aromatic heterocycles. The summed E-state index contributed by atoms with van der Waals surface area (Å²) in [6, 6.07) is 8.43. The fourth-order valence-electron chi connectivity index (χ4n) is 1.25. The van der Waals surface area contributed by atoms with Gasteiger partial charge in [-0.05, 0) is 0 Å². The van der Waals surface area contributed by atoms with Crippen molar-refractivity contribution < 1.29 is 20.1 Å². The van der Waals surface area contributed by atoms with E-state index in [0.29, 0.717) is 5.56 Å². The molecule has 3 N–H and O–H groups in total. The number of benzene rings is 1. The molecule has 0 spiro atoms. The second-order valence-corrected chi connectivity index (χ2v) is 2.96. The van der Waals surface area contributed by atoms with Gasteiger partial charge < -0.3 is 20.1 Å². The number of methoxy groups -OCH3 is 1. The first-order chi connectivity index (χ1) is 6.65. The zero-order valence-electron chi connectivity index (χ0n) is 7.92. The summed E-state index contributed by atoms with van der Waals surface area (Å²) in [5.74, 6) is -1.85. The van der Waals surface area contributed by atoms with Gasteiger partial charge in [0, 0.05) is 12.7 Å². The highest BCUT2D eigenvalue weighted by Crippen LogP contribution is 2.25. The second-order valence-electron chi connectivity index (χ2n) is 2.96. The normalized spacial score (nSPS) is 17.4. The van der Waals surface area contributed by atoms with Crippen LogP contribution >= 0.6 is 0 Å². The second kappa shape index (κ2) is 4.52. The summed E-state index contributed by atoms with van der Waals surface area (Å²) in [6.07, 6.45) is -1.37. The van der Waals surface area contributed by atoms with E-state index < -0.39 is 18.5 Å². The van der Waals surface area contributed by atoms with E-state index in [0.717, 1.165) is 0 Å². The number of aliphatic hydroxyl groups excluding tert-OH is 2. The summed E-state index contributed by atoms with van der Waals surface area (Å²) >= 11 is 0. The van der Waals surface area contributed by atoms with Crippen molar-refractivity contribution in [3.8, 4) is 0 Å². The molecule has 1 rings (SSSR count). The predicted octanol–water partition coefficient (Wildman–Crippen LogP) is -0.169. The summed E-state index contributed by atoms with van der Waals surface area (Å²) in [4.78, 5) is 0. The molecule has 1 aromatic carbocycles. The van der Waals surface area contributed by atoms with Crippen LogP contribution in [-0.4, -0.2) is 35.1 Å². The van der Waals surface area contributed by atoms with Gasteiger partial charge in [0.15, 0.2) is 0 Å². The SMILES string of the molecule is COC(O)(c1ccccc1)C(O)CO. The number of rotatable bonds is 4. The first kappa shape index (κ1) is 11.1. The Hall–Kier alpha value is -0.940. The molecule has 0 radical (unpaired) electrons. The molecule has 1 aromatic rings. The smallest absolute Gasteiger partial charge is 0.221 e. The molecule has 14 heavy (non-hydrogen) atoms. The van der Waals surface area contributed by atoms with Crippen molar-refractivity contribution in [3.05, 3.63) is 35.9 Å². The van der Waals surface area contributed by atoms with Crippen LogP contribution in [0.15, 0.2) is 30.3 Å². The van der Waals surface area contributed by atoms with E-state index >= 15 is 0 Å². The third kappa shape index (κ3) is 1.93. The lowest BCUT2D eigenvalue weighted by Gasteiger charge is -2.30. The lowest BCUT2D eigenvalue weighted by molar-refractivity contribution is -0.259. The molecular weight excluding hydrogens is 184 g/mol. The Labute approximate surface area is 82.4 Å². The van der Waals surface area contributed by atoms with E-state index in [1.165, 1.54) is 7.11 Å². The van der Waals surface area contributed by atoms with Crippen molar-refractivity contribution in [2.45, 2.75) is 11.9 Å². The maximum Gasteiger partial charge on any atom is 0.221 e. The molecule has 4 nitrogen and oxygen atoms in total. The van der Waals surface area contributed by atoms with Gasteiger partial charge in [-0.15, -0.1) is 0 Å². The van der Waals surface area contributed by atoms with Crippen molar-refractivity contribution in [1.82, 2.24) is 0 Å². The molecule has 0 heterocycles. The fraction of sp³-hybridized carbons (Fsp3) is 0.400. The van der Waals surface area contributed by atoms with Crippen LogP contribution in [0.25, 0.3) is 0 Å². The largest absolute Gasteiger partial charge is 0.393 e. The fourth-order valence-corrected chi connectivity index (χ4v) is 1.25. The highest BCUT2D eigenvalue weighted by Gasteiger charge is 2.37. The minimum absolute atomic E-state index is 0.407. The quantitative estimate of drug-likeness (QED) is 0.587. The minimum Gasteiger partial charge on any atom is -0.393 e. The number of hydrogen-bond acceptors (Lipinski definition) is 4. The summed E-state index contributed by atoms with van der Waals surface area (Å²) in [7, 11) is 1.27. The molecule has 0 bridgehead atoms. The molecule has 0 aliphatic heterocycles. The van der Waals surface area contributed by atoms with Gasteiger partial charge in [0.2, 0.25) is 5.79 Å². The zero-order chi connectivity index (χ0) is 10.6. The Bertz CT molecular complexity index is 275. The van der Waals surface area contributed by atoms with Gasteiger partial charge in [-0.2, -0.15) is 0 Å². The van der Waals surface area contributed by atoms with Crippen LogP contribution in [0.2, 0.25) is 0 Å². The molecule has 0 amide bonds. The van der Waals surface area contributed by atoms with E-state index in [-0.39, 0.29) is 0 Å². The van der Waals surface area contributed by atoms with Gasteiger partial charge >= 0.3 is 0 Å². The highest BCUT2D eigenvalue weighted by atomic mass is 16.6. The topological polar surface area (TPSA) is 69.9 Å². The summed E-state index contributed by atoms with van der Waals surface area (Å²) in [6.45, 7) is -0.570. The van der Waals surface area contributed by atoms with Gasteiger partial charge in [0.25, 0.3) is 0 Å². The molecule has 78 valence electrons. The Morgan fingerprint density at radius 2 is 1.93 bits per heavy atom. The van der Waals surface area contributed by atoms with E-state index in [1.807, 2.05) is 0 Å². The van der Waals surface area contributed by atoms with Crippen LogP contribution < -0.4 is 0 Å². The van der Waals surface area contributed by atoms with Crippen LogP contribution in [0, 0.1) is 0 Å². The van der Waals surface area contributed by atoms with Crippen molar-refractivity contribution in [2.24, 2.45) is 0 Å². The molecule has 0 aliphatic carbocycles. The average Bonchev–Trinajstić information content (AvgIpc) is 2.28.